The first kappa shape index (κ1) is 10.5. The molecule has 0 amide bonds. The first-order valence-electron chi connectivity index (χ1n) is 3.92. The number of benzene rings is 2. The number of halogens is 1. The minimum Gasteiger partial charge on any atom is -0.344 e. The molecule has 2 aromatic rings. The van der Waals surface area contributed by atoms with Crippen LogP contribution in [0.15, 0.2) is 36.4 Å². The van der Waals surface area contributed by atoms with Gasteiger partial charge < -0.3 is 6.15 Å². The Hall–Kier alpha value is -0.610. The zero-order valence-electron chi connectivity index (χ0n) is 7.55. The monoisotopic (exact) mass is 285 g/mol. The molecule has 0 heterocycles. The number of hydrogen-bond acceptors (Lipinski definition) is 1. The maximum absolute atomic E-state index is 2.34. The largest absolute Gasteiger partial charge is 0.344 e. The summed E-state index contributed by atoms with van der Waals surface area (Å²) in [5, 5.41) is 2.66. The van der Waals surface area contributed by atoms with Crippen LogP contribution in [0.1, 0.15) is 5.56 Å². The number of rotatable bonds is 0. The quantitative estimate of drug-likeness (QED) is 0.732. The molecule has 0 aliphatic rings. The summed E-state index contributed by atoms with van der Waals surface area (Å²) in [6, 6.07) is 13.1. The first-order chi connectivity index (χ1) is 5.75. The van der Waals surface area contributed by atoms with Crippen LogP contribution in [0, 0.1) is 10.5 Å². The second-order valence-corrected chi connectivity index (χ2v) is 4.24. The van der Waals surface area contributed by atoms with Crippen molar-refractivity contribution in [3.05, 3.63) is 45.5 Å². The molecule has 0 aromatic heterocycles. The van der Waals surface area contributed by atoms with Gasteiger partial charge >= 0.3 is 0 Å². The minimum atomic E-state index is 0. The fourth-order valence-electron chi connectivity index (χ4n) is 1.34. The Kier molecular flexibility index (Phi) is 3.27. The van der Waals surface area contributed by atoms with Crippen molar-refractivity contribution in [3.63, 3.8) is 0 Å². The highest BCUT2D eigenvalue weighted by Gasteiger charge is 1.93. The number of hydrogen-bond donors (Lipinski definition) is 1. The highest BCUT2D eigenvalue weighted by molar-refractivity contribution is 14.1. The summed E-state index contributed by atoms with van der Waals surface area (Å²) in [5.74, 6) is 0. The third kappa shape index (κ3) is 2.19. The van der Waals surface area contributed by atoms with Crippen LogP contribution in [0.3, 0.4) is 0 Å². The van der Waals surface area contributed by atoms with E-state index >= 15 is 0 Å². The van der Waals surface area contributed by atoms with Gasteiger partial charge in [-0.2, -0.15) is 0 Å². The van der Waals surface area contributed by atoms with Crippen molar-refractivity contribution in [2.24, 2.45) is 0 Å². The normalized spacial score (nSPS) is 9.69. The third-order valence-electron chi connectivity index (χ3n) is 1.96. The maximum Gasteiger partial charge on any atom is 0.0136 e. The summed E-state index contributed by atoms with van der Waals surface area (Å²) in [4.78, 5) is 0. The van der Waals surface area contributed by atoms with Gasteiger partial charge in [-0.15, -0.1) is 0 Å². The zero-order valence-corrected chi connectivity index (χ0v) is 9.71. The molecule has 0 unspecified atom stereocenters. The van der Waals surface area contributed by atoms with Crippen LogP contribution in [0.4, 0.5) is 0 Å². The van der Waals surface area contributed by atoms with Crippen LogP contribution in [-0.4, -0.2) is 0 Å². The highest BCUT2D eigenvalue weighted by atomic mass is 127. The maximum atomic E-state index is 2.34. The van der Waals surface area contributed by atoms with Gasteiger partial charge in [0.1, 0.15) is 0 Å². The molecule has 2 rings (SSSR count). The van der Waals surface area contributed by atoms with Gasteiger partial charge in [-0.3, -0.25) is 0 Å². The molecule has 0 atom stereocenters. The predicted octanol–water partition coefficient (Wildman–Crippen LogP) is 3.91. The van der Waals surface area contributed by atoms with Crippen LogP contribution in [0.2, 0.25) is 0 Å². The van der Waals surface area contributed by atoms with Gasteiger partial charge in [-0.1, -0.05) is 29.8 Å². The lowest BCUT2D eigenvalue weighted by Gasteiger charge is -1.99. The average Bonchev–Trinajstić information content (AvgIpc) is 2.05. The van der Waals surface area contributed by atoms with E-state index in [4.69, 9.17) is 0 Å². The molecular formula is C11H12IN. The summed E-state index contributed by atoms with van der Waals surface area (Å²) in [5.41, 5.74) is 1.32. The molecule has 13 heavy (non-hydrogen) atoms. The van der Waals surface area contributed by atoms with Gasteiger partial charge in [0.2, 0.25) is 0 Å². The van der Waals surface area contributed by atoms with Gasteiger partial charge in [0.25, 0.3) is 0 Å². The Morgan fingerprint density at radius 2 is 1.54 bits per heavy atom. The summed E-state index contributed by atoms with van der Waals surface area (Å²) in [6.45, 7) is 2.12. The molecule has 0 spiro atoms. The lowest BCUT2D eigenvalue weighted by molar-refractivity contribution is 1.50. The molecule has 2 aromatic carbocycles. The number of fused-ring (bicyclic) bond motifs is 1. The van der Waals surface area contributed by atoms with E-state index < -0.39 is 0 Å². The Bertz CT molecular complexity index is 382. The SMILES string of the molecule is Cc1ccc2cc(I)ccc2c1.N. The lowest BCUT2D eigenvalue weighted by atomic mass is 10.1. The second kappa shape index (κ2) is 4.07. The van der Waals surface area contributed by atoms with Crippen molar-refractivity contribution >= 4 is 33.4 Å². The van der Waals surface area contributed by atoms with E-state index in [-0.39, 0.29) is 6.15 Å². The summed E-state index contributed by atoms with van der Waals surface area (Å²) >= 11 is 2.34. The van der Waals surface area contributed by atoms with E-state index in [1.165, 1.54) is 19.9 Å². The molecular weight excluding hydrogens is 273 g/mol. The Labute approximate surface area is 91.9 Å². The smallest absolute Gasteiger partial charge is 0.0136 e. The van der Waals surface area contributed by atoms with E-state index in [0.29, 0.717) is 0 Å². The van der Waals surface area contributed by atoms with Gasteiger partial charge in [0.05, 0.1) is 0 Å². The van der Waals surface area contributed by atoms with Crippen LogP contribution >= 0.6 is 22.6 Å². The molecule has 0 saturated heterocycles. The van der Waals surface area contributed by atoms with E-state index in [0.717, 1.165) is 0 Å². The van der Waals surface area contributed by atoms with E-state index in [2.05, 4.69) is 65.9 Å². The lowest BCUT2D eigenvalue weighted by Crippen LogP contribution is -1.76. The Balaban J connectivity index is 0.000000845. The molecule has 0 aliphatic heterocycles. The van der Waals surface area contributed by atoms with Crippen LogP contribution in [0.25, 0.3) is 10.8 Å². The van der Waals surface area contributed by atoms with Gasteiger partial charge in [0.15, 0.2) is 0 Å². The van der Waals surface area contributed by atoms with Crippen molar-refractivity contribution in [2.75, 3.05) is 0 Å². The van der Waals surface area contributed by atoms with Gasteiger partial charge in [-0.25, -0.2) is 0 Å². The molecule has 2 heteroatoms. The van der Waals surface area contributed by atoms with Crippen LogP contribution in [-0.2, 0) is 0 Å². The topological polar surface area (TPSA) is 35.0 Å². The fourth-order valence-corrected chi connectivity index (χ4v) is 1.85. The van der Waals surface area contributed by atoms with E-state index in [9.17, 15) is 0 Å². The fraction of sp³-hybridized carbons (Fsp3) is 0.0909. The molecule has 0 aliphatic carbocycles. The molecule has 1 nitrogen and oxygen atoms in total. The van der Waals surface area contributed by atoms with Gasteiger partial charge in [-0.05, 0) is 52.4 Å². The van der Waals surface area contributed by atoms with E-state index in [1.54, 1.807) is 0 Å². The summed E-state index contributed by atoms with van der Waals surface area (Å²) in [7, 11) is 0. The molecule has 0 saturated carbocycles. The second-order valence-electron chi connectivity index (χ2n) is 2.99. The summed E-state index contributed by atoms with van der Waals surface area (Å²) < 4.78 is 1.30. The van der Waals surface area contributed by atoms with Crippen molar-refractivity contribution in [1.29, 1.82) is 0 Å². The molecule has 0 fully saturated rings. The predicted molar refractivity (Wildman–Crippen MR) is 66.4 cm³/mol. The average molecular weight is 285 g/mol. The molecule has 3 N–H and O–H groups in total. The van der Waals surface area contributed by atoms with Crippen LogP contribution < -0.4 is 6.15 Å². The molecule has 68 valence electrons. The van der Waals surface area contributed by atoms with E-state index in [1.807, 2.05) is 0 Å². The Morgan fingerprint density at radius 3 is 2.31 bits per heavy atom. The van der Waals surface area contributed by atoms with Crippen molar-refractivity contribution in [2.45, 2.75) is 6.92 Å². The van der Waals surface area contributed by atoms with Crippen molar-refractivity contribution < 1.29 is 0 Å². The summed E-state index contributed by atoms with van der Waals surface area (Å²) in [6.07, 6.45) is 0. The standard InChI is InChI=1S/C11H9I.H3N/c1-8-2-3-10-7-11(12)5-4-9(10)6-8;/h2-7H,1H3;1H3. The van der Waals surface area contributed by atoms with Crippen molar-refractivity contribution in [3.8, 4) is 0 Å². The minimum absolute atomic E-state index is 0. The highest BCUT2D eigenvalue weighted by Crippen LogP contribution is 2.18. The number of aryl methyl sites for hydroxylation is 1. The van der Waals surface area contributed by atoms with Crippen molar-refractivity contribution in [1.82, 2.24) is 6.15 Å². The first-order valence-corrected chi connectivity index (χ1v) is 4.99. The zero-order chi connectivity index (χ0) is 8.55. The molecule has 0 radical (unpaired) electrons. The third-order valence-corrected chi connectivity index (χ3v) is 2.63. The van der Waals surface area contributed by atoms with Gasteiger partial charge in [0, 0.05) is 3.57 Å². The Morgan fingerprint density at radius 1 is 0.923 bits per heavy atom. The molecule has 0 bridgehead atoms. The van der Waals surface area contributed by atoms with Crippen LogP contribution in [0.5, 0.6) is 0 Å².